The molecule has 0 atom stereocenters. The van der Waals surface area contributed by atoms with Gasteiger partial charge < -0.3 is 42.9 Å². The molecule has 4 rings (SSSR count). The van der Waals surface area contributed by atoms with Gasteiger partial charge in [0.05, 0.1) is 31.8 Å². The van der Waals surface area contributed by atoms with Crippen molar-refractivity contribution in [2.75, 3.05) is 24.7 Å². The first-order valence-corrected chi connectivity index (χ1v) is 21.5. The number of anilines is 1. The number of hydrogen-bond donors (Lipinski definition) is 9. The minimum absolute atomic E-state index is 0.00849. The van der Waals surface area contributed by atoms with Gasteiger partial charge in [-0.15, -0.1) is 15.3 Å². The van der Waals surface area contributed by atoms with Gasteiger partial charge in [-0.2, -0.15) is 13.5 Å². The first kappa shape index (κ1) is 42.6. The number of phenolic OH excluding ortho intramolecular Hbond substituents is 1. The van der Waals surface area contributed by atoms with Crippen LogP contribution in [0.1, 0.15) is 13.3 Å². The van der Waals surface area contributed by atoms with Gasteiger partial charge in [0.2, 0.25) is 0 Å². The number of nitrogens with two attached hydrogens (primary N) is 1. The van der Waals surface area contributed by atoms with Crippen LogP contribution in [0.5, 0.6) is 5.75 Å². The molecule has 0 amide bonds. The number of sulfone groups is 1. The molecule has 0 saturated carbocycles. The average Bonchev–Trinajstić information content (AvgIpc) is 3.08. The molecule has 0 saturated heterocycles. The summed E-state index contributed by atoms with van der Waals surface area (Å²) in [4.78, 5) is 2.79. The van der Waals surface area contributed by atoms with Crippen molar-refractivity contribution < 1.29 is 67.8 Å². The summed E-state index contributed by atoms with van der Waals surface area (Å²) in [6.45, 7) is 2.47. The Morgan fingerprint density at radius 1 is 0.796 bits per heavy atom. The molecular weight excluding hydrogens is 819 g/mol. The Morgan fingerprint density at radius 3 is 2.17 bits per heavy atom. The Morgan fingerprint density at radius 2 is 1.50 bits per heavy atom. The number of fused-ring (bicyclic) bond motifs is 1. The largest absolute Gasteiger partial charge is 0.505 e. The summed E-state index contributed by atoms with van der Waals surface area (Å²) in [6, 6.07) is 12.6. The normalized spacial score (nSPS) is 13.3. The number of phenols is 1. The van der Waals surface area contributed by atoms with Crippen LogP contribution in [0, 0.1) is 11.4 Å². The van der Waals surface area contributed by atoms with Gasteiger partial charge in [-0.25, -0.2) is 8.42 Å². The van der Waals surface area contributed by atoms with Gasteiger partial charge in [0.25, 0.3) is 0 Å². The zero-order chi connectivity index (χ0) is 39.9. The van der Waals surface area contributed by atoms with Gasteiger partial charge in [-0.1, -0.05) is 6.07 Å². The molecule has 0 radical (unpaired) electrons. The van der Waals surface area contributed by atoms with Crippen LogP contribution >= 0.6 is 33.5 Å². The molecule has 0 heterocycles. The highest BCUT2D eigenvalue weighted by Gasteiger charge is 2.27. The predicted octanol–water partition coefficient (Wildman–Crippen LogP) is 8.09. The van der Waals surface area contributed by atoms with E-state index in [1.165, 1.54) is 48.5 Å². The van der Waals surface area contributed by atoms with E-state index in [-0.39, 0.29) is 62.1 Å². The van der Waals surface area contributed by atoms with Crippen LogP contribution < -0.4 is 5.73 Å². The van der Waals surface area contributed by atoms with Crippen molar-refractivity contribution in [3.8, 4) is 17.1 Å². The van der Waals surface area contributed by atoms with Crippen molar-refractivity contribution in [2.45, 2.75) is 32.9 Å². The van der Waals surface area contributed by atoms with Crippen LogP contribution in [-0.2, 0) is 34.2 Å². The third-order valence-electron chi connectivity index (χ3n) is 6.74. The topological polar surface area (TPSA) is 333 Å². The Labute approximate surface area is 315 Å². The fraction of sp³-hybridized carbons (Fsp3) is 0.172. The highest BCUT2D eigenvalue weighted by atomic mass is 32.3. The van der Waals surface area contributed by atoms with E-state index in [0.29, 0.717) is 18.4 Å². The predicted molar refractivity (Wildman–Crippen MR) is 199 cm³/mol. The molecule has 0 spiro atoms. The van der Waals surface area contributed by atoms with Gasteiger partial charge in [-0.05, 0) is 84.0 Å². The SMILES string of the molecule is CCOCCCS(=O)(=O)c1cccc(N=Nc2c(S(O)(O)O)cc3c(N=Nc4ccc(SC#COOS(=O)(=O)O)cc4S(O)(O)O)c(N)ccc3c2O)c1. The number of nitrogen functional groups attached to an aromatic ring is 1. The summed E-state index contributed by atoms with van der Waals surface area (Å²) in [5.41, 5.74) is 4.92. The molecular formula is C29H31N5O15S5. The van der Waals surface area contributed by atoms with E-state index in [9.17, 15) is 49.3 Å². The zero-order valence-corrected chi connectivity index (χ0v) is 31.5. The van der Waals surface area contributed by atoms with Gasteiger partial charge in [-0.3, -0.25) is 9.44 Å². The molecule has 4 aromatic rings. The lowest BCUT2D eigenvalue weighted by molar-refractivity contribution is -0.135. The molecule has 0 aliphatic heterocycles. The summed E-state index contributed by atoms with van der Waals surface area (Å²) in [7, 11) is -17.8. The third kappa shape index (κ3) is 11.5. The summed E-state index contributed by atoms with van der Waals surface area (Å²) in [5.74, 6) is -0.925. The molecule has 0 aliphatic carbocycles. The van der Waals surface area contributed by atoms with Crippen molar-refractivity contribution in [1.82, 2.24) is 0 Å². The Balaban J connectivity index is 1.73. The van der Waals surface area contributed by atoms with Crippen molar-refractivity contribution in [2.24, 2.45) is 20.5 Å². The van der Waals surface area contributed by atoms with Crippen LogP contribution in [0.3, 0.4) is 0 Å². The smallest absolute Gasteiger partial charge is 0.433 e. The van der Waals surface area contributed by atoms with Crippen molar-refractivity contribution in [1.29, 1.82) is 0 Å². The number of hydrogen-bond acceptors (Lipinski definition) is 20. The highest BCUT2D eigenvalue weighted by molar-refractivity contribution is 8.19. The molecule has 0 unspecified atom stereocenters. The van der Waals surface area contributed by atoms with E-state index in [1.807, 2.05) is 0 Å². The molecule has 0 bridgehead atoms. The van der Waals surface area contributed by atoms with Crippen LogP contribution in [-0.4, -0.2) is 72.8 Å². The molecule has 0 aromatic heterocycles. The Kier molecular flexibility index (Phi) is 13.9. The van der Waals surface area contributed by atoms with Crippen LogP contribution in [0.25, 0.3) is 10.8 Å². The third-order valence-corrected chi connectivity index (χ3v) is 11.3. The molecule has 25 heteroatoms. The van der Waals surface area contributed by atoms with Gasteiger partial charge in [0, 0.05) is 34.1 Å². The molecule has 292 valence electrons. The second-order valence-corrected chi connectivity index (χ2v) is 17.4. The van der Waals surface area contributed by atoms with E-state index < -0.39 is 63.2 Å². The summed E-state index contributed by atoms with van der Waals surface area (Å²) < 4.78 is 125. The fourth-order valence-corrected chi connectivity index (χ4v) is 7.79. The van der Waals surface area contributed by atoms with Gasteiger partial charge >= 0.3 is 10.4 Å². The summed E-state index contributed by atoms with van der Waals surface area (Å²) in [6.07, 6.45) is 2.05. The minimum atomic E-state index is -4.92. The Hall–Kier alpha value is -4.11. The first-order chi connectivity index (χ1) is 25.2. The minimum Gasteiger partial charge on any atom is -0.505 e. The van der Waals surface area contributed by atoms with E-state index in [0.717, 1.165) is 12.1 Å². The van der Waals surface area contributed by atoms with Crippen molar-refractivity contribution in [3.05, 3.63) is 60.7 Å². The van der Waals surface area contributed by atoms with Crippen LogP contribution in [0.4, 0.5) is 28.4 Å². The first-order valence-electron chi connectivity index (χ1n) is 14.7. The quantitative estimate of drug-likeness (QED) is 0.00797. The monoisotopic (exact) mass is 849 g/mol. The fourth-order valence-electron chi connectivity index (χ4n) is 4.42. The zero-order valence-electron chi connectivity index (χ0n) is 27.4. The lowest BCUT2D eigenvalue weighted by Gasteiger charge is -2.22. The number of ether oxygens (including phenoxy) is 1. The van der Waals surface area contributed by atoms with Crippen molar-refractivity contribution >= 4 is 92.9 Å². The molecule has 4 aromatic carbocycles. The van der Waals surface area contributed by atoms with E-state index >= 15 is 0 Å². The van der Waals surface area contributed by atoms with E-state index in [2.05, 4.69) is 34.9 Å². The number of thioether (sulfide) groups is 1. The molecule has 20 nitrogen and oxygen atoms in total. The lowest BCUT2D eigenvalue weighted by Crippen LogP contribution is -2.09. The average molecular weight is 850 g/mol. The maximum atomic E-state index is 12.8. The number of benzene rings is 4. The maximum absolute atomic E-state index is 12.8. The number of aromatic hydroxyl groups is 1. The molecule has 54 heavy (non-hydrogen) atoms. The molecule has 10 N–H and O–H groups in total. The Bertz CT molecular complexity index is 2370. The molecule has 0 aliphatic rings. The van der Waals surface area contributed by atoms with Gasteiger partial charge in [0.15, 0.2) is 21.7 Å². The standard InChI is InChI=1S/C29H31N5O15S5/c1-2-47-11-4-14-51(36,37)20-6-3-5-18(15-20)31-34-28-26(53(41,42)43)17-22-21(29(28)35)8-9-23(30)27(22)33-32-24-10-7-19(16-25(24)52(38,39)40)50-13-12-48-49-54(44,45)46/h3,5-10,15-17,35,38-43H,2,4,11,14,30H2,1H3,(H,44,45,46). The van der Waals surface area contributed by atoms with E-state index in [1.54, 1.807) is 13.0 Å². The lowest BCUT2D eigenvalue weighted by atomic mass is 10.1. The molecule has 0 fully saturated rings. The van der Waals surface area contributed by atoms with Gasteiger partial charge in [0.1, 0.15) is 38.8 Å². The number of nitrogens with zero attached hydrogens (tertiary/aromatic N) is 4. The van der Waals surface area contributed by atoms with E-state index in [4.69, 9.17) is 15.0 Å². The second-order valence-electron chi connectivity index (χ2n) is 10.5. The summed E-state index contributed by atoms with van der Waals surface area (Å²) >= 11 is 0.645. The van der Waals surface area contributed by atoms with Crippen molar-refractivity contribution in [3.63, 3.8) is 0 Å². The second kappa shape index (κ2) is 17.6. The number of rotatable bonds is 15. The van der Waals surface area contributed by atoms with Crippen LogP contribution in [0.2, 0.25) is 0 Å². The summed E-state index contributed by atoms with van der Waals surface area (Å²) in [5, 5.41) is 29.2. The maximum Gasteiger partial charge on any atom is 0.433 e. The van der Waals surface area contributed by atoms with Crippen LogP contribution in [0.15, 0.2) is 101 Å². The number of azo groups is 2. The highest BCUT2D eigenvalue weighted by Crippen LogP contribution is 2.56.